The summed E-state index contributed by atoms with van der Waals surface area (Å²) in [6.45, 7) is 2.86. The zero-order chi connectivity index (χ0) is 18.4. The van der Waals surface area contributed by atoms with Crippen LogP contribution in [-0.2, 0) is 19.4 Å². The topological polar surface area (TPSA) is 47.8 Å². The van der Waals surface area contributed by atoms with Crippen LogP contribution in [-0.4, -0.2) is 26.3 Å². The van der Waals surface area contributed by atoms with Gasteiger partial charge in [-0.15, -0.1) is 10.2 Å². The number of halogens is 1. The van der Waals surface area contributed by atoms with Crippen LogP contribution >= 0.6 is 23.4 Å². The van der Waals surface area contributed by atoms with Gasteiger partial charge in [0.1, 0.15) is 5.82 Å². The Kier molecular flexibility index (Phi) is 6.47. The van der Waals surface area contributed by atoms with Crippen LogP contribution in [0.25, 0.3) is 0 Å². The molecule has 0 aliphatic rings. The van der Waals surface area contributed by atoms with Gasteiger partial charge in [-0.05, 0) is 43.2 Å². The highest BCUT2D eigenvalue weighted by molar-refractivity contribution is 7.99. The zero-order valence-electron chi connectivity index (χ0n) is 14.6. The normalized spacial score (nSPS) is 10.8. The summed E-state index contributed by atoms with van der Waals surface area (Å²) in [6, 6.07) is 17.3. The number of aromatic nitrogens is 3. The molecule has 0 saturated carbocycles. The SMILES string of the molecule is CCn1c(CCc2ccccc2)nnc1SCC(=O)c1ccc(Cl)cc1. The van der Waals surface area contributed by atoms with Gasteiger partial charge in [0.05, 0.1) is 5.75 Å². The number of nitrogens with zero attached hydrogens (tertiary/aromatic N) is 3. The first-order valence-corrected chi connectivity index (χ1v) is 9.91. The summed E-state index contributed by atoms with van der Waals surface area (Å²) in [5.74, 6) is 1.35. The lowest BCUT2D eigenvalue weighted by Crippen LogP contribution is -2.07. The first-order valence-electron chi connectivity index (χ1n) is 8.55. The second-order valence-electron chi connectivity index (χ2n) is 5.85. The maximum absolute atomic E-state index is 12.3. The van der Waals surface area contributed by atoms with E-state index in [0.29, 0.717) is 16.3 Å². The molecule has 0 spiro atoms. The number of ketones is 1. The summed E-state index contributed by atoms with van der Waals surface area (Å²) < 4.78 is 2.09. The van der Waals surface area contributed by atoms with Crippen molar-refractivity contribution in [2.24, 2.45) is 0 Å². The molecule has 0 saturated heterocycles. The van der Waals surface area contributed by atoms with E-state index in [1.807, 2.05) is 18.2 Å². The molecule has 0 radical (unpaired) electrons. The molecule has 0 amide bonds. The first kappa shape index (κ1) is 18.7. The molecule has 134 valence electrons. The molecule has 2 aromatic carbocycles. The Morgan fingerprint density at radius 1 is 1.04 bits per heavy atom. The fraction of sp³-hybridized carbons (Fsp3) is 0.250. The predicted octanol–water partition coefficient (Wildman–Crippen LogP) is 4.71. The van der Waals surface area contributed by atoms with E-state index in [1.54, 1.807) is 24.3 Å². The Balaban J connectivity index is 1.62. The molecule has 3 aromatic rings. The van der Waals surface area contributed by atoms with E-state index in [1.165, 1.54) is 17.3 Å². The van der Waals surface area contributed by atoms with Crippen molar-refractivity contribution >= 4 is 29.1 Å². The van der Waals surface area contributed by atoms with Crippen molar-refractivity contribution in [2.75, 3.05) is 5.75 Å². The van der Waals surface area contributed by atoms with E-state index in [9.17, 15) is 4.79 Å². The number of thioether (sulfide) groups is 1. The Labute approximate surface area is 162 Å². The third-order valence-electron chi connectivity index (χ3n) is 4.09. The molecule has 3 rings (SSSR count). The van der Waals surface area contributed by atoms with Gasteiger partial charge in [-0.25, -0.2) is 0 Å². The molecular formula is C20H20ClN3OS. The van der Waals surface area contributed by atoms with E-state index in [2.05, 4.69) is 33.8 Å². The lowest BCUT2D eigenvalue weighted by atomic mass is 10.1. The number of carbonyl (C=O) groups excluding carboxylic acids is 1. The molecule has 1 aromatic heterocycles. The third kappa shape index (κ3) is 4.74. The standard InChI is InChI=1S/C20H20ClN3OS/c1-2-24-19(13-8-15-6-4-3-5-7-15)22-23-20(24)26-14-18(25)16-9-11-17(21)12-10-16/h3-7,9-12H,2,8,13-14H2,1H3. The van der Waals surface area contributed by atoms with Crippen molar-refractivity contribution in [2.45, 2.75) is 31.5 Å². The maximum Gasteiger partial charge on any atom is 0.191 e. The maximum atomic E-state index is 12.3. The lowest BCUT2D eigenvalue weighted by Gasteiger charge is -2.07. The molecule has 4 nitrogen and oxygen atoms in total. The monoisotopic (exact) mass is 385 g/mol. The molecule has 26 heavy (non-hydrogen) atoms. The number of hydrogen-bond acceptors (Lipinski definition) is 4. The summed E-state index contributed by atoms with van der Waals surface area (Å²) in [4.78, 5) is 12.3. The average Bonchev–Trinajstić information content (AvgIpc) is 3.07. The van der Waals surface area contributed by atoms with Gasteiger partial charge in [-0.2, -0.15) is 0 Å². The lowest BCUT2D eigenvalue weighted by molar-refractivity contribution is 0.102. The minimum atomic E-state index is 0.0585. The number of rotatable bonds is 8. The Morgan fingerprint density at radius 2 is 1.77 bits per heavy atom. The minimum absolute atomic E-state index is 0.0585. The van der Waals surface area contributed by atoms with Crippen LogP contribution in [0.3, 0.4) is 0 Å². The van der Waals surface area contributed by atoms with Crippen molar-refractivity contribution < 1.29 is 4.79 Å². The molecule has 0 N–H and O–H groups in total. The molecule has 0 aliphatic carbocycles. The highest BCUT2D eigenvalue weighted by Crippen LogP contribution is 2.20. The summed E-state index contributed by atoms with van der Waals surface area (Å²) in [5, 5.41) is 10.0. The van der Waals surface area contributed by atoms with Crippen molar-refractivity contribution in [3.63, 3.8) is 0 Å². The second kappa shape index (κ2) is 9.01. The number of aryl methyl sites for hydroxylation is 2. The van der Waals surface area contributed by atoms with Gasteiger partial charge < -0.3 is 4.57 Å². The number of hydrogen-bond donors (Lipinski definition) is 0. The van der Waals surface area contributed by atoms with Crippen LogP contribution in [0.4, 0.5) is 0 Å². The van der Waals surface area contributed by atoms with Crippen molar-refractivity contribution in [1.82, 2.24) is 14.8 Å². The number of benzene rings is 2. The average molecular weight is 386 g/mol. The Hall–Kier alpha value is -2.11. The van der Waals surface area contributed by atoms with E-state index < -0.39 is 0 Å². The second-order valence-corrected chi connectivity index (χ2v) is 7.23. The van der Waals surface area contributed by atoms with E-state index >= 15 is 0 Å². The van der Waals surface area contributed by atoms with E-state index in [-0.39, 0.29) is 5.78 Å². The predicted molar refractivity (Wildman–Crippen MR) is 106 cm³/mol. The molecule has 0 bridgehead atoms. The minimum Gasteiger partial charge on any atom is -0.306 e. The first-order chi connectivity index (χ1) is 12.7. The van der Waals surface area contributed by atoms with Crippen LogP contribution < -0.4 is 0 Å². The van der Waals surface area contributed by atoms with Gasteiger partial charge in [-0.1, -0.05) is 53.7 Å². The summed E-state index contributed by atoms with van der Waals surface area (Å²) >= 11 is 7.30. The zero-order valence-corrected chi connectivity index (χ0v) is 16.1. The van der Waals surface area contributed by atoms with Crippen LogP contribution in [0.2, 0.25) is 5.02 Å². The van der Waals surface area contributed by atoms with Gasteiger partial charge in [0.15, 0.2) is 10.9 Å². The molecule has 0 unspecified atom stereocenters. The van der Waals surface area contributed by atoms with E-state index in [4.69, 9.17) is 11.6 Å². The Morgan fingerprint density at radius 3 is 2.46 bits per heavy atom. The van der Waals surface area contributed by atoms with E-state index in [0.717, 1.165) is 30.4 Å². The molecule has 0 fully saturated rings. The molecule has 0 atom stereocenters. The summed E-state index contributed by atoms with van der Waals surface area (Å²) in [6.07, 6.45) is 1.75. The van der Waals surface area contributed by atoms with Crippen molar-refractivity contribution in [3.05, 3.63) is 76.6 Å². The van der Waals surface area contributed by atoms with Gasteiger partial charge in [-0.3, -0.25) is 4.79 Å². The van der Waals surface area contributed by atoms with Gasteiger partial charge >= 0.3 is 0 Å². The van der Waals surface area contributed by atoms with Crippen LogP contribution in [0.5, 0.6) is 0 Å². The third-order valence-corrected chi connectivity index (χ3v) is 5.31. The molecule has 0 aliphatic heterocycles. The fourth-order valence-corrected chi connectivity index (χ4v) is 3.72. The fourth-order valence-electron chi connectivity index (χ4n) is 2.68. The van der Waals surface area contributed by atoms with Gasteiger partial charge in [0.2, 0.25) is 0 Å². The quantitative estimate of drug-likeness (QED) is 0.416. The molecule has 6 heteroatoms. The smallest absolute Gasteiger partial charge is 0.191 e. The van der Waals surface area contributed by atoms with Crippen molar-refractivity contribution in [3.8, 4) is 0 Å². The Bertz CT molecular complexity index is 863. The van der Waals surface area contributed by atoms with Gasteiger partial charge in [0.25, 0.3) is 0 Å². The molecule has 1 heterocycles. The van der Waals surface area contributed by atoms with Crippen LogP contribution in [0.15, 0.2) is 59.8 Å². The largest absolute Gasteiger partial charge is 0.306 e. The summed E-state index contributed by atoms with van der Waals surface area (Å²) in [5.41, 5.74) is 1.94. The van der Waals surface area contributed by atoms with Gasteiger partial charge in [0, 0.05) is 23.6 Å². The highest BCUT2D eigenvalue weighted by atomic mass is 35.5. The molecular weight excluding hydrogens is 366 g/mol. The van der Waals surface area contributed by atoms with Crippen LogP contribution in [0.1, 0.15) is 28.7 Å². The van der Waals surface area contributed by atoms with Crippen molar-refractivity contribution in [1.29, 1.82) is 0 Å². The number of Topliss-reactive ketones (excluding diaryl/α,β-unsaturated/α-hetero) is 1. The highest BCUT2D eigenvalue weighted by Gasteiger charge is 2.14. The van der Waals surface area contributed by atoms with Crippen LogP contribution in [0, 0.1) is 0 Å². The number of carbonyl (C=O) groups is 1. The summed E-state index contributed by atoms with van der Waals surface area (Å²) in [7, 11) is 0.